The molecule has 0 aliphatic heterocycles. The van der Waals surface area contributed by atoms with E-state index < -0.39 is 0 Å². The molecular weight excluding hydrogens is 244 g/mol. The van der Waals surface area contributed by atoms with Gasteiger partial charge in [0.2, 0.25) is 5.78 Å². The first kappa shape index (κ1) is 13.1. The molecule has 1 aromatic heterocycles. The smallest absolute Gasteiger partial charge is 0.214 e. The second-order valence-electron chi connectivity index (χ2n) is 4.20. The van der Waals surface area contributed by atoms with Crippen LogP contribution < -0.4 is 9.47 Å². The third-order valence-corrected chi connectivity index (χ3v) is 3.01. The number of hydrogen-bond donors (Lipinski definition) is 0. The predicted octanol–water partition coefficient (Wildman–Crippen LogP) is 1.98. The molecule has 2 aromatic rings. The second-order valence-corrected chi connectivity index (χ2v) is 4.20. The van der Waals surface area contributed by atoms with Crippen molar-refractivity contribution < 1.29 is 14.3 Å². The van der Waals surface area contributed by atoms with Gasteiger partial charge in [0.25, 0.3) is 0 Å². The molecule has 0 atom stereocenters. The first-order valence-corrected chi connectivity index (χ1v) is 5.83. The minimum absolute atomic E-state index is 0.143. The number of nitrogens with zero attached hydrogens (tertiary/aromatic N) is 2. The highest BCUT2D eigenvalue weighted by Gasteiger charge is 2.20. The van der Waals surface area contributed by atoms with Crippen LogP contribution in [0.2, 0.25) is 0 Å². The van der Waals surface area contributed by atoms with Gasteiger partial charge in [0, 0.05) is 12.6 Å². The topological polar surface area (TPSA) is 53.4 Å². The molecule has 0 bridgehead atoms. The lowest BCUT2D eigenvalue weighted by molar-refractivity contribution is 0.102. The lowest BCUT2D eigenvalue weighted by Crippen LogP contribution is -2.10. The minimum Gasteiger partial charge on any atom is -0.496 e. The van der Waals surface area contributed by atoms with Crippen LogP contribution in [0.4, 0.5) is 0 Å². The number of aryl methyl sites for hydroxylation is 2. The van der Waals surface area contributed by atoms with Crippen molar-refractivity contribution in [2.45, 2.75) is 6.92 Å². The molecule has 0 N–H and O–H groups in total. The predicted molar refractivity (Wildman–Crippen MR) is 70.9 cm³/mol. The van der Waals surface area contributed by atoms with Crippen LogP contribution in [0.5, 0.6) is 11.5 Å². The van der Waals surface area contributed by atoms with Gasteiger partial charge in [0.1, 0.15) is 5.75 Å². The summed E-state index contributed by atoms with van der Waals surface area (Å²) in [7, 11) is 4.81. The van der Waals surface area contributed by atoms with Gasteiger partial charge < -0.3 is 9.47 Å². The van der Waals surface area contributed by atoms with Gasteiger partial charge in [-0.2, -0.15) is 5.10 Å². The van der Waals surface area contributed by atoms with Gasteiger partial charge in [-0.15, -0.1) is 0 Å². The molecule has 2 rings (SSSR count). The molecule has 19 heavy (non-hydrogen) atoms. The molecule has 0 unspecified atom stereocenters. The van der Waals surface area contributed by atoms with Crippen molar-refractivity contribution in [1.82, 2.24) is 9.78 Å². The van der Waals surface area contributed by atoms with Crippen molar-refractivity contribution in [2.75, 3.05) is 14.2 Å². The molecule has 0 amide bonds. The van der Waals surface area contributed by atoms with Crippen LogP contribution in [0, 0.1) is 6.92 Å². The highest BCUT2D eigenvalue weighted by molar-refractivity contribution is 6.09. The van der Waals surface area contributed by atoms with E-state index in [9.17, 15) is 4.79 Å². The van der Waals surface area contributed by atoms with E-state index in [0.29, 0.717) is 22.8 Å². The first-order chi connectivity index (χ1) is 9.08. The highest BCUT2D eigenvalue weighted by atomic mass is 16.5. The number of benzene rings is 1. The van der Waals surface area contributed by atoms with Crippen LogP contribution in [0.1, 0.15) is 21.6 Å². The Bertz CT molecular complexity index is 617. The van der Waals surface area contributed by atoms with E-state index in [1.165, 1.54) is 18.0 Å². The Labute approximate surface area is 111 Å². The molecular formula is C14H16N2O3. The molecule has 0 aliphatic rings. The summed E-state index contributed by atoms with van der Waals surface area (Å²) >= 11 is 0. The average Bonchev–Trinajstić information content (AvgIpc) is 2.79. The van der Waals surface area contributed by atoms with Gasteiger partial charge in [-0.1, -0.05) is 12.1 Å². The van der Waals surface area contributed by atoms with Crippen molar-refractivity contribution in [3.05, 3.63) is 41.2 Å². The quantitative estimate of drug-likeness (QED) is 0.789. The SMILES string of the molecule is COc1cc(C(=O)c2c(OC)cnn2C)ccc1C. The van der Waals surface area contributed by atoms with E-state index in [1.807, 2.05) is 13.0 Å². The second kappa shape index (κ2) is 5.14. The number of carbonyl (C=O) groups excluding carboxylic acids is 1. The summed E-state index contributed by atoms with van der Waals surface area (Å²) < 4.78 is 11.9. The van der Waals surface area contributed by atoms with Crippen LogP contribution in [-0.2, 0) is 7.05 Å². The summed E-state index contributed by atoms with van der Waals surface area (Å²) in [5, 5.41) is 4.03. The van der Waals surface area contributed by atoms with Gasteiger partial charge >= 0.3 is 0 Å². The Hall–Kier alpha value is -2.30. The van der Waals surface area contributed by atoms with Crippen LogP contribution >= 0.6 is 0 Å². The number of ketones is 1. The summed E-state index contributed by atoms with van der Waals surface area (Å²) in [6, 6.07) is 5.35. The summed E-state index contributed by atoms with van der Waals surface area (Å²) in [6.45, 7) is 1.93. The number of carbonyl (C=O) groups is 1. The fraction of sp³-hybridized carbons (Fsp3) is 0.286. The first-order valence-electron chi connectivity index (χ1n) is 5.83. The molecule has 1 heterocycles. The Balaban J connectivity index is 2.47. The Morgan fingerprint density at radius 2 is 1.89 bits per heavy atom. The summed E-state index contributed by atoms with van der Waals surface area (Å²) in [5.41, 5.74) is 1.95. The summed E-state index contributed by atoms with van der Waals surface area (Å²) in [4.78, 5) is 12.5. The Morgan fingerprint density at radius 3 is 2.53 bits per heavy atom. The van der Waals surface area contributed by atoms with E-state index in [2.05, 4.69) is 5.10 Å². The molecule has 0 saturated heterocycles. The van der Waals surface area contributed by atoms with Crippen LogP contribution in [0.3, 0.4) is 0 Å². The molecule has 0 aliphatic carbocycles. The molecule has 5 nitrogen and oxygen atoms in total. The Morgan fingerprint density at radius 1 is 1.21 bits per heavy atom. The number of ether oxygens (including phenoxy) is 2. The van der Waals surface area contributed by atoms with Crippen molar-refractivity contribution >= 4 is 5.78 Å². The van der Waals surface area contributed by atoms with E-state index in [0.717, 1.165) is 5.56 Å². The largest absolute Gasteiger partial charge is 0.496 e. The van der Waals surface area contributed by atoms with E-state index >= 15 is 0 Å². The van der Waals surface area contributed by atoms with Crippen molar-refractivity contribution in [1.29, 1.82) is 0 Å². The number of rotatable bonds is 4. The standard InChI is InChI=1S/C14H16N2O3/c1-9-5-6-10(7-11(9)18-3)14(17)13-12(19-4)8-15-16(13)2/h5-8H,1-4H3. The lowest BCUT2D eigenvalue weighted by Gasteiger charge is -2.08. The van der Waals surface area contributed by atoms with Gasteiger partial charge in [-0.3, -0.25) is 9.48 Å². The number of methoxy groups -OCH3 is 2. The van der Waals surface area contributed by atoms with E-state index in [1.54, 1.807) is 26.3 Å². The average molecular weight is 260 g/mol. The molecule has 0 spiro atoms. The Kier molecular flexibility index (Phi) is 3.55. The molecule has 5 heteroatoms. The maximum absolute atomic E-state index is 12.5. The molecule has 100 valence electrons. The summed E-state index contributed by atoms with van der Waals surface area (Å²) in [5.74, 6) is 1.01. The van der Waals surface area contributed by atoms with Crippen LogP contribution in [-0.4, -0.2) is 29.8 Å². The maximum atomic E-state index is 12.5. The fourth-order valence-corrected chi connectivity index (χ4v) is 1.92. The fourth-order valence-electron chi connectivity index (χ4n) is 1.92. The van der Waals surface area contributed by atoms with Crippen molar-refractivity contribution in [3.8, 4) is 11.5 Å². The van der Waals surface area contributed by atoms with Crippen LogP contribution in [0.25, 0.3) is 0 Å². The van der Waals surface area contributed by atoms with Crippen molar-refractivity contribution in [3.63, 3.8) is 0 Å². The summed E-state index contributed by atoms with van der Waals surface area (Å²) in [6.07, 6.45) is 1.53. The molecule has 0 saturated carbocycles. The van der Waals surface area contributed by atoms with Gasteiger partial charge in [0.15, 0.2) is 11.4 Å². The lowest BCUT2D eigenvalue weighted by atomic mass is 10.1. The van der Waals surface area contributed by atoms with Gasteiger partial charge in [0.05, 0.1) is 20.4 Å². The molecule has 0 fully saturated rings. The highest BCUT2D eigenvalue weighted by Crippen LogP contribution is 2.24. The van der Waals surface area contributed by atoms with Gasteiger partial charge in [-0.05, 0) is 18.6 Å². The maximum Gasteiger partial charge on any atom is 0.214 e. The molecule has 0 radical (unpaired) electrons. The minimum atomic E-state index is -0.143. The zero-order valence-corrected chi connectivity index (χ0v) is 11.4. The molecule has 1 aromatic carbocycles. The zero-order valence-electron chi connectivity index (χ0n) is 11.4. The normalized spacial score (nSPS) is 10.3. The van der Waals surface area contributed by atoms with Crippen LogP contribution in [0.15, 0.2) is 24.4 Å². The van der Waals surface area contributed by atoms with Gasteiger partial charge in [-0.25, -0.2) is 0 Å². The monoisotopic (exact) mass is 260 g/mol. The van der Waals surface area contributed by atoms with Crippen molar-refractivity contribution in [2.24, 2.45) is 7.05 Å². The third kappa shape index (κ3) is 2.31. The zero-order chi connectivity index (χ0) is 14.0. The number of hydrogen-bond acceptors (Lipinski definition) is 4. The van der Waals surface area contributed by atoms with E-state index in [-0.39, 0.29) is 5.78 Å². The number of aromatic nitrogens is 2. The van der Waals surface area contributed by atoms with E-state index in [4.69, 9.17) is 9.47 Å². The third-order valence-electron chi connectivity index (χ3n) is 3.01.